The molecule has 0 atom stereocenters. The van der Waals surface area contributed by atoms with Crippen molar-refractivity contribution in [2.45, 2.75) is 18.9 Å². The summed E-state index contributed by atoms with van der Waals surface area (Å²) in [5, 5.41) is 6.60. The second kappa shape index (κ2) is 11.0. The molecule has 0 aromatic carbocycles. The van der Waals surface area contributed by atoms with Gasteiger partial charge in [0, 0.05) is 53.4 Å². The van der Waals surface area contributed by atoms with Crippen molar-refractivity contribution in [2.24, 2.45) is 4.99 Å². The molecule has 1 rings (SSSR count). The molecule has 0 aromatic rings. The number of carbonyl (C=O) groups excluding carboxylic acids is 1. The fraction of sp³-hybridized carbons (Fsp3) is 0.750. The van der Waals surface area contributed by atoms with E-state index >= 15 is 0 Å². The number of guanidine groups is 1. The van der Waals surface area contributed by atoms with Crippen molar-refractivity contribution in [3.05, 3.63) is 12.7 Å². The molecule has 0 saturated carbocycles. The van der Waals surface area contributed by atoms with Gasteiger partial charge in [0.25, 0.3) is 0 Å². The second-order valence-corrected chi connectivity index (χ2v) is 5.88. The first-order chi connectivity index (χ1) is 11.1. The number of likely N-dealkylation sites (N-methyl/N-ethyl adjacent to an activating group) is 1. The van der Waals surface area contributed by atoms with Crippen LogP contribution in [0.2, 0.25) is 0 Å². The summed E-state index contributed by atoms with van der Waals surface area (Å²) in [5.41, 5.74) is 0. The van der Waals surface area contributed by atoms with E-state index in [2.05, 4.69) is 27.1 Å². The Morgan fingerprint density at radius 3 is 2.70 bits per heavy atom. The predicted octanol–water partition coefficient (Wildman–Crippen LogP) is -0.0934. The van der Waals surface area contributed by atoms with E-state index in [1.54, 1.807) is 32.2 Å². The van der Waals surface area contributed by atoms with Gasteiger partial charge in [-0.15, -0.1) is 6.58 Å². The van der Waals surface area contributed by atoms with Crippen LogP contribution in [-0.2, 0) is 9.53 Å². The number of piperidine rings is 1. The highest BCUT2D eigenvalue weighted by atomic mass is 16.5. The summed E-state index contributed by atoms with van der Waals surface area (Å²) < 4.78 is 5.12. The quantitative estimate of drug-likeness (QED) is 0.371. The number of amides is 1. The number of rotatable bonds is 8. The lowest BCUT2D eigenvalue weighted by atomic mass is 10.1. The number of carbonyl (C=O) groups is 1. The highest BCUT2D eigenvalue weighted by Gasteiger charge is 2.19. The molecule has 1 saturated heterocycles. The van der Waals surface area contributed by atoms with E-state index in [0.29, 0.717) is 18.5 Å². The number of ether oxygens (including phenoxy) is 1. The third-order valence-corrected chi connectivity index (χ3v) is 3.83. The second-order valence-electron chi connectivity index (χ2n) is 5.88. The van der Waals surface area contributed by atoms with Crippen LogP contribution in [0.25, 0.3) is 0 Å². The molecule has 2 N–H and O–H groups in total. The minimum absolute atomic E-state index is 0.0147. The minimum atomic E-state index is -0.0147. The van der Waals surface area contributed by atoms with E-state index in [0.717, 1.165) is 39.1 Å². The maximum atomic E-state index is 11.7. The maximum absolute atomic E-state index is 11.7. The van der Waals surface area contributed by atoms with Crippen molar-refractivity contribution in [3.63, 3.8) is 0 Å². The first-order valence-corrected chi connectivity index (χ1v) is 8.14. The fourth-order valence-corrected chi connectivity index (χ4v) is 2.32. The molecule has 1 fully saturated rings. The average Bonchev–Trinajstić information content (AvgIpc) is 2.56. The molecule has 23 heavy (non-hydrogen) atoms. The summed E-state index contributed by atoms with van der Waals surface area (Å²) in [6.07, 6.45) is 3.89. The van der Waals surface area contributed by atoms with Crippen LogP contribution in [0.5, 0.6) is 0 Å². The zero-order valence-corrected chi connectivity index (χ0v) is 14.7. The fourth-order valence-electron chi connectivity index (χ4n) is 2.32. The van der Waals surface area contributed by atoms with E-state index in [4.69, 9.17) is 4.74 Å². The Morgan fingerprint density at radius 1 is 1.43 bits per heavy atom. The number of methoxy groups -OCH3 is 1. The van der Waals surface area contributed by atoms with Gasteiger partial charge < -0.3 is 25.2 Å². The third kappa shape index (κ3) is 7.99. The molecular weight excluding hydrogens is 294 g/mol. The summed E-state index contributed by atoms with van der Waals surface area (Å²) >= 11 is 0. The van der Waals surface area contributed by atoms with Gasteiger partial charge in [-0.3, -0.25) is 4.79 Å². The Balaban J connectivity index is 2.46. The molecule has 132 valence electrons. The van der Waals surface area contributed by atoms with Crippen LogP contribution in [0.4, 0.5) is 0 Å². The van der Waals surface area contributed by atoms with E-state index in [1.165, 1.54) is 0 Å². The van der Waals surface area contributed by atoms with Crippen LogP contribution in [0.15, 0.2) is 17.6 Å². The first kappa shape index (κ1) is 19.4. The lowest BCUT2D eigenvalue weighted by Gasteiger charge is -2.32. The van der Waals surface area contributed by atoms with Gasteiger partial charge >= 0.3 is 0 Å². The molecule has 7 nitrogen and oxygen atoms in total. The molecule has 1 amide bonds. The first-order valence-electron chi connectivity index (χ1n) is 8.14. The summed E-state index contributed by atoms with van der Waals surface area (Å²) in [6.45, 7) is 8.32. The lowest BCUT2D eigenvalue weighted by Crippen LogP contribution is -2.49. The summed E-state index contributed by atoms with van der Waals surface area (Å²) in [6, 6.07) is 0.374. The molecule has 1 aliphatic heterocycles. The molecular formula is C16H31N5O2. The van der Waals surface area contributed by atoms with Gasteiger partial charge in [-0.05, 0) is 12.8 Å². The zero-order valence-electron chi connectivity index (χ0n) is 14.7. The topological polar surface area (TPSA) is 69.2 Å². The van der Waals surface area contributed by atoms with Crippen LogP contribution in [0, 0.1) is 0 Å². The Morgan fingerprint density at radius 2 is 2.13 bits per heavy atom. The Kier molecular flexibility index (Phi) is 9.31. The summed E-state index contributed by atoms with van der Waals surface area (Å²) in [5.74, 6) is 0.662. The van der Waals surface area contributed by atoms with E-state index < -0.39 is 0 Å². The van der Waals surface area contributed by atoms with Crippen LogP contribution >= 0.6 is 0 Å². The van der Waals surface area contributed by atoms with Gasteiger partial charge in [-0.25, -0.2) is 4.99 Å². The normalized spacial score (nSPS) is 16.9. The van der Waals surface area contributed by atoms with E-state index in [-0.39, 0.29) is 12.5 Å². The number of hydrogen-bond acceptors (Lipinski definition) is 4. The van der Waals surface area contributed by atoms with Gasteiger partial charge in [-0.1, -0.05) is 6.08 Å². The molecule has 0 spiro atoms. The number of nitrogens with one attached hydrogen (secondary N) is 2. The maximum Gasteiger partial charge on any atom is 0.243 e. The van der Waals surface area contributed by atoms with Crippen molar-refractivity contribution in [3.8, 4) is 0 Å². The smallest absolute Gasteiger partial charge is 0.243 e. The number of hydrogen-bond donors (Lipinski definition) is 2. The lowest BCUT2D eigenvalue weighted by molar-refractivity contribution is -0.127. The highest BCUT2D eigenvalue weighted by Crippen LogP contribution is 2.09. The molecule has 1 heterocycles. The number of aliphatic imine (C=N–C) groups is 1. The van der Waals surface area contributed by atoms with Crippen molar-refractivity contribution in [1.82, 2.24) is 20.4 Å². The van der Waals surface area contributed by atoms with Crippen LogP contribution in [0.1, 0.15) is 12.8 Å². The van der Waals surface area contributed by atoms with Crippen LogP contribution in [-0.4, -0.2) is 88.2 Å². The van der Waals surface area contributed by atoms with Gasteiger partial charge in [0.1, 0.15) is 6.54 Å². The standard InChI is InChI=1S/C16H31N5O2/c1-5-8-17-16(18-13-15(22)20(2)3)19-14-6-9-21(10-7-14)11-12-23-4/h5,14H,1,6-13H2,2-4H3,(H2,17,18,19). The van der Waals surface area contributed by atoms with Gasteiger partial charge in [0.2, 0.25) is 5.91 Å². The molecule has 0 unspecified atom stereocenters. The Bertz CT molecular complexity index is 390. The van der Waals surface area contributed by atoms with E-state index in [1.807, 2.05) is 0 Å². The average molecular weight is 325 g/mol. The third-order valence-electron chi connectivity index (χ3n) is 3.83. The summed E-state index contributed by atoms with van der Waals surface area (Å²) in [7, 11) is 5.20. The largest absolute Gasteiger partial charge is 0.383 e. The monoisotopic (exact) mass is 325 g/mol. The van der Waals surface area contributed by atoms with Crippen LogP contribution in [0.3, 0.4) is 0 Å². The molecule has 1 aliphatic rings. The molecule has 0 aromatic heterocycles. The van der Waals surface area contributed by atoms with E-state index in [9.17, 15) is 4.79 Å². The van der Waals surface area contributed by atoms with Crippen molar-refractivity contribution >= 4 is 11.9 Å². The minimum Gasteiger partial charge on any atom is -0.383 e. The SMILES string of the molecule is C=CCNC(=NCC(=O)N(C)C)NC1CCN(CCOC)CC1. The van der Waals surface area contributed by atoms with Gasteiger partial charge in [0.05, 0.1) is 6.61 Å². The van der Waals surface area contributed by atoms with Crippen molar-refractivity contribution < 1.29 is 9.53 Å². The Labute approximate surface area is 139 Å². The molecule has 7 heteroatoms. The van der Waals surface area contributed by atoms with Crippen LogP contribution < -0.4 is 10.6 Å². The van der Waals surface area contributed by atoms with Gasteiger partial charge in [0.15, 0.2) is 5.96 Å². The number of likely N-dealkylation sites (tertiary alicyclic amines) is 1. The number of nitrogens with zero attached hydrogens (tertiary/aromatic N) is 3. The highest BCUT2D eigenvalue weighted by molar-refractivity contribution is 5.85. The van der Waals surface area contributed by atoms with Crippen molar-refractivity contribution in [1.29, 1.82) is 0 Å². The molecule has 0 aliphatic carbocycles. The molecule has 0 bridgehead atoms. The predicted molar refractivity (Wildman–Crippen MR) is 93.7 cm³/mol. The zero-order chi connectivity index (χ0) is 17.1. The van der Waals surface area contributed by atoms with Gasteiger partial charge in [-0.2, -0.15) is 0 Å². The molecule has 0 radical (unpaired) electrons. The van der Waals surface area contributed by atoms with Crippen molar-refractivity contribution in [2.75, 3.05) is 60.5 Å². The Hall–Kier alpha value is -1.60. The summed E-state index contributed by atoms with van der Waals surface area (Å²) in [4.78, 5) is 20.0.